The molecule has 3 nitrogen and oxygen atoms in total. The second-order valence-corrected chi connectivity index (χ2v) is 5.29. The van der Waals surface area contributed by atoms with Gasteiger partial charge in [0.15, 0.2) is 0 Å². The quantitative estimate of drug-likeness (QED) is 0.617. The third kappa shape index (κ3) is 1.30. The summed E-state index contributed by atoms with van der Waals surface area (Å²) in [5, 5.41) is 0. The summed E-state index contributed by atoms with van der Waals surface area (Å²) in [6.45, 7) is 7.52. The second kappa shape index (κ2) is 2.40. The summed E-state index contributed by atoms with van der Waals surface area (Å²) in [7, 11) is 0. The highest BCUT2D eigenvalue weighted by Crippen LogP contribution is 2.50. The molecule has 1 fully saturated rings. The molecule has 74 valence electrons. The molecule has 1 aliphatic heterocycles. The highest BCUT2D eigenvalue weighted by atomic mass is 16.5. The standard InChI is InChI=1S/C10H18N2O/c1-7-4-9(2,3)5-10(7)6-13-8(11)12-10/h7H,4-6H2,1-3H3,(H2,11,12). The van der Waals surface area contributed by atoms with Crippen LogP contribution >= 0.6 is 0 Å². The van der Waals surface area contributed by atoms with Crippen LogP contribution in [0.3, 0.4) is 0 Å². The third-order valence-corrected chi connectivity index (χ3v) is 3.36. The van der Waals surface area contributed by atoms with Crippen molar-refractivity contribution in [3.8, 4) is 0 Å². The van der Waals surface area contributed by atoms with Crippen molar-refractivity contribution >= 4 is 6.02 Å². The Morgan fingerprint density at radius 2 is 2.23 bits per heavy atom. The predicted molar refractivity (Wildman–Crippen MR) is 52.5 cm³/mol. The molecule has 0 aromatic rings. The van der Waals surface area contributed by atoms with E-state index < -0.39 is 0 Å². The highest BCUT2D eigenvalue weighted by Gasteiger charge is 2.51. The molecule has 2 atom stereocenters. The van der Waals surface area contributed by atoms with Gasteiger partial charge >= 0.3 is 0 Å². The van der Waals surface area contributed by atoms with Gasteiger partial charge in [-0.15, -0.1) is 0 Å². The Balaban J connectivity index is 2.26. The number of amidine groups is 1. The van der Waals surface area contributed by atoms with Gasteiger partial charge in [-0.2, -0.15) is 0 Å². The van der Waals surface area contributed by atoms with E-state index in [2.05, 4.69) is 25.8 Å². The number of aliphatic imine (C=N–C) groups is 1. The van der Waals surface area contributed by atoms with Gasteiger partial charge in [0.05, 0.1) is 0 Å². The molecule has 1 saturated carbocycles. The molecule has 2 N–H and O–H groups in total. The normalized spacial score (nSPS) is 42.1. The maximum Gasteiger partial charge on any atom is 0.282 e. The van der Waals surface area contributed by atoms with Gasteiger partial charge in [-0.1, -0.05) is 20.8 Å². The summed E-state index contributed by atoms with van der Waals surface area (Å²) in [5.74, 6) is 0.587. The van der Waals surface area contributed by atoms with E-state index >= 15 is 0 Å². The van der Waals surface area contributed by atoms with Gasteiger partial charge in [0.25, 0.3) is 6.02 Å². The lowest BCUT2D eigenvalue weighted by atomic mass is 9.88. The molecular weight excluding hydrogens is 164 g/mol. The molecule has 0 radical (unpaired) electrons. The number of rotatable bonds is 0. The molecule has 0 bridgehead atoms. The molecule has 1 spiro atoms. The summed E-state index contributed by atoms with van der Waals surface area (Å²) in [6, 6.07) is 0.379. The van der Waals surface area contributed by atoms with Crippen LogP contribution in [0.1, 0.15) is 33.6 Å². The fourth-order valence-corrected chi connectivity index (χ4v) is 2.92. The number of nitrogens with two attached hydrogens (primary N) is 1. The highest BCUT2D eigenvalue weighted by molar-refractivity contribution is 5.73. The van der Waals surface area contributed by atoms with Crippen molar-refractivity contribution in [2.45, 2.75) is 39.2 Å². The summed E-state index contributed by atoms with van der Waals surface area (Å²) in [6.07, 6.45) is 2.31. The second-order valence-electron chi connectivity index (χ2n) is 5.29. The van der Waals surface area contributed by atoms with Crippen LogP contribution < -0.4 is 5.73 Å². The molecule has 0 amide bonds. The van der Waals surface area contributed by atoms with Crippen LogP contribution in [-0.4, -0.2) is 18.2 Å². The molecule has 2 unspecified atom stereocenters. The topological polar surface area (TPSA) is 47.6 Å². The number of hydrogen-bond donors (Lipinski definition) is 1. The average Bonchev–Trinajstić information content (AvgIpc) is 2.39. The third-order valence-electron chi connectivity index (χ3n) is 3.36. The first-order valence-corrected chi connectivity index (χ1v) is 4.92. The Kier molecular flexibility index (Phi) is 1.63. The van der Waals surface area contributed by atoms with Crippen LogP contribution in [-0.2, 0) is 4.74 Å². The largest absolute Gasteiger partial charge is 0.463 e. The minimum Gasteiger partial charge on any atom is -0.463 e. The van der Waals surface area contributed by atoms with E-state index in [0.29, 0.717) is 24.0 Å². The van der Waals surface area contributed by atoms with Crippen molar-refractivity contribution in [2.75, 3.05) is 6.61 Å². The van der Waals surface area contributed by atoms with Crippen LogP contribution in [0.25, 0.3) is 0 Å². The van der Waals surface area contributed by atoms with Gasteiger partial charge in [-0.3, -0.25) is 0 Å². The first-order valence-electron chi connectivity index (χ1n) is 4.92. The zero-order valence-electron chi connectivity index (χ0n) is 8.63. The minimum atomic E-state index is -0.00637. The lowest BCUT2D eigenvalue weighted by Gasteiger charge is -2.23. The molecule has 0 aromatic heterocycles. The van der Waals surface area contributed by atoms with Crippen LogP contribution in [0.4, 0.5) is 0 Å². The van der Waals surface area contributed by atoms with Crippen LogP contribution in [0, 0.1) is 11.3 Å². The van der Waals surface area contributed by atoms with E-state index in [-0.39, 0.29) is 5.54 Å². The average molecular weight is 182 g/mol. The van der Waals surface area contributed by atoms with E-state index in [9.17, 15) is 0 Å². The van der Waals surface area contributed by atoms with Gasteiger partial charge < -0.3 is 10.5 Å². The van der Waals surface area contributed by atoms with Crippen LogP contribution in [0.15, 0.2) is 4.99 Å². The lowest BCUT2D eigenvalue weighted by molar-refractivity contribution is 0.215. The SMILES string of the molecule is CC1CC(C)(C)CC12COC(N)=N2. The zero-order chi connectivity index (χ0) is 9.69. The Morgan fingerprint density at radius 3 is 2.62 bits per heavy atom. The van der Waals surface area contributed by atoms with E-state index in [1.165, 1.54) is 6.42 Å². The number of ether oxygens (including phenoxy) is 1. The summed E-state index contributed by atoms with van der Waals surface area (Å²) < 4.78 is 5.28. The molecule has 0 saturated heterocycles. The molecule has 1 aliphatic carbocycles. The van der Waals surface area contributed by atoms with Crippen molar-refractivity contribution < 1.29 is 4.74 Å². The maximum atomic E-state index is 5.57. The Hall–Kier alpha value is -0.730. The monoisotopic (exact) mass is 182 g/mol. The fraction of sp³-hybridized carbons (Fsp3) is 0.900. The molecule has 1 heterocycles. The minimum absolute atomic E-state index is 0.00637. The van der Waals surface area contributed by atoms with Crippen molar-refractivity contribution in [3.05, 3.63) is 0 Å². The smallest absolute Gasteiger partial charge is 0.282 e. The van der Waals surface area contributed by atoms with Gasteiger partial charge in [-0.25, -0.2) is 4.99 Å². The molecular formula is C10H18N2O. The molecule has 2 aliphatic rings. The fourth-order valence-electron chi connectivity index (χ4n) is 2.92. The zero-order valence-corrected chi connectivity index (χ0v) is 8.63. The maximum absolute atomic E-state index is 5.57. The van der Waals surface area contributed by atoms with Crippen molar-refractivity contribution in [2.24, 2.45) is 22.1 Å². The van der Waals surface area contributed by atoms with Crippen molar-refractivity contribution in [3.63, 3.8) is 0 Å². The lowest BCUT2D eigenvalue weighted by Crippen LogP contribution is -2.31. The van der Waals surface area contributed by atoms with Gasteiger partial charge in [0.1, 0.15) is 12.1 Å². The van der Waals surface area contributed by atoms with Gasteiger partial charge in [-0.05, 0) is 24.2 Å². The van der Waals surface area contributed by atoms with E-state index in [0.717, 1.165) is 6.42 Å². The molecule has 0 aromatic carbocycles. The van der Waals surface area contributed by atoms with Crippen molar-refractivity contribution in [1.29, 1.82) is 0 Å². The van der Waals surface area contributed by atoms with Gasteiger partial charge in [0, 0.05) is 0 Å². The first-order chi connectivity index (χ1) is 5.94. The Labute approximate surface area is 79.4 Å². The number of hydrogen-bond acceptors (Lipinski definition) is 3. The number of nitrogens with zero attached hydrogens (tertiary/aromatic N) is 1. The summed E-state index contributed by atoms with van der Waals surface area (Å²) in [5.41, 5.74) is 5.95. The first kappa shape index (κ1) is 8.85. The van der Waals surface area contributed by atoms with E-state index in [4.69, 9.17) is 10.5 Å². The molecule has 3 heteroatoms. The van der Waals surface area contributed by atoms with E-state index in [1.807, 2.05) is 0 Å². The van der Waals surface area contributed by atoms with Crippen molar-refractivity contribution in [1.82, 2.24) is 0 Å². The van der Waals surface area contributed by atoms with Crippen LogP contribution in [0.2, 0.25) is 0 Å². The Bertz CT molecular complexity index is 260. The molecule has 13 heavy (non-hydrogen) atoms. The Morgan fingerprint density at radius 1 is 1.54 bits per heavy atom. The predicted octanol–water partition coefficient (Wildman–Crippen LogP) is 1.53. The summed E-state index contributed by atoms with van der Waals surface area (Å²) in [4.78, 5) is 4.47. The molecule has 2 rings (SSSR count). The summed E-state index contributed by atoms with van der Waals surface area (Å²) >= 11 is 0. The van der Waals surface area contributed by atoms with E-state index in [1.54, 1.807) is 0 Å². The van der Waals surface area contributed by atoms with Gasteiger partial charge in [0.2, 0.25) is 0 Å². The van der Waals surface area contributed by atoms with Crippen LogP contribution in [0.5, 0.6) is 0 Å².